The number of carbonyl (C=O) groups is 1. The molecule has 6 heteroatoms. The average molecular weight is 419 g/mol. The molecule has 1 aliphatic heterocycles. The number of nitriles is 1. The molecule has 0 spiro atoms. The van der Waals surface area contributed by atoms with E-state index in [1.165, 1.54) is 0 Å². The highest BCUT2D eigenvalue weighted by molar-refractivity contribution is 6.02. The van der Waals surface area contributed by atoms with Crippen LogP contribution >= 0.6 is 0 Å². The number of rotatable bonds is 7. The van der Waals surface area contributed by atoms with Crippen molar-refractivity contribution in [3.8, 4) is 11.8 Å². The van der Waals surface area contributed by atoms with E-state index in [-0.39, 0.29) is 11.5 Å². The summed E-state index contributed by atoms with van der Waals surface area (Å²) in [5, 5.41) is 9.68. The molecule has 0 N–H and O–H groups in total. The van der Waals surface area contributed by atoms with Crippen molar-refractivity contribution in [3.05, 3.63) is 59.7 Å². The number of ether oxygens (including phenoxy) is 1. The first-order valence-corrected chi connectivity index (χ1v) is 10.7. The molecule has 0 bridgehead atoms. The number of hydrogen-bond donors (Lipinski definition) is 0. The van der Waals surface area contributed by atoms with Gasteiger partial charge in [0.05, 0.1) is 7.11 Å². The van der Waals surface area contributed by atoms with Crippen molar-refractivity contribution < 1.29 is 9.53 Å². The van der Waals surface area contributed by atoms with Gasteiger partial charge in [-0.2, -0.15) is 5.26 Å². The summed E-state index contributed by atoms with van der Waals surface area (Å²) in [7, 11) is 1.61. The zero-order valence-corrected chi connectivity index (χ0v) is 18.5. The van der Waals surface area contributed by atoms with Crippen LogP contribution in [-0.2, 0) is 4.79 Å². The van der Waals surface area contributed by atoms with Gasteiger partial charge < -0.3 is 19.4 Å². The Balaban J connectivity index is 1.74. The molecule has 0 atom stereocenters. The molecule has 31 heavy (non-hydrogen) atoms. The van der Waals surface area contributed by atoms with Gasteiger partial charge in [-0.3, -0.25) is 4.79 Å². The number of nitrogens with zero attached hydrogens (tertiary/aromatic N) is 4. The molecule has 1 heterocycles. The molecule has 6 nitrogen and oxygen atoms in total. The lowest BCUT2D eigenvalue weighted by molar-refractivity contribution is -0.126. The van der Waals surface area contributed by atoms with Crippen molar-refractivity contribution >= 4 is 23.4 Å². The summed E-state index contributed by atoms with van der Waals surface area (Å²) in [5.41, 5.74) is 3.07. The molecule has 1 amide bonds. The zero-order valence-electron chi connectivity index (χ0n) is 18.5. The van der Waals surface area contributed by atoms with Gasteiger partial charge in [-0.15, -0.1) is 0 Å². The maximum absolute atomic E-state index is 13.0. The van der Waals surface area contributed by atoms with Gasteiger partial charge in [-0.1, -0.05) is 18.2 Å². The van der Waals surface area contributed by atoms with Crippen LogP contribution in [0, 0.1) is 11.3 Å². The quantitative estimate of drug-likeness (QED) is 0.506. The fourth-order valence-electron chi connectivity index (χ4n) is 3.88. The highest BCUT2D eigenvalue weighted by atomic mass is 16.5. The molecule has 0 unspecified atom stereocenters. The van der Waals surface area contributed by atoms with Gasteiger partial charge in [0.1, 0.15) is 17.4 Å². The van der Waals surface area contributed by atoms with Gasteiger partial charge in [0, 0.05) is 62.3 Å². The number of amides is 1. The standard InChI is InChI=1S/C25H30N4O2/c1-4-27(5-2)23-12-11-20(24(18-23)31-3)17-21(19-26)25(30)29-15-13-28(14-16-29)22-9-7-6-8-10-22/h6-12,17-18H,4-5,13-16H2,1-3H3/b21-17-. The molecule has 3 rings (SSSR count). The number of hydrogen-bond acceptors (Lipinski definition) is 5. The second-order valence-electron chi connectivity index (χ2n) is 7.38. The fourth-order valence-corrected chi connectivity index (χ4v) is 3.88. The Hall–Kier alpha value is -3.46. The van der Waals surface area contributed by atoms with Crippen molar-refractivity contribution in [2.75, 3.05) is 56.2 Å². The van der Waals surface area contributed by atoms with Crippen LogP contribution in [0.1, 0.15) is 19.4 Å². The summed E-state index contributed by atoms with van der Waals surface area (Å²) < 4.78 is 5.55. The van der Waals surface area contributed by atoms with E-state index in [2.05, 4.69) is 41.8 Å². The third-order valence-electron chi connectivity index (χ3n) is 5.68. The summed E-state index contributed by atoms with van der Waals surface area (Å²) in [4.78, 5) is 19.2. The normalized spacial score (nSPS) is 14.2. The Bertz CT molecular complexity index is 953. The summed E-state index contributed by atoms with van der Waals surface area (Å²) in [6.07, 6.45) is 1.64. The Morgan fingerprint density at radius 3 is 2.35 bits per heavy atom. The van der Waals surface area contributed by atoms with E-state index in [1.807, 2.05) is 36.4 Å². The maximum atomic E-state index is 13.0. The van der Waals surface area contributed by atoms with Gasteiger partial charge in [-0.05, 0) is 44.2 Å². The predicted octanol–water partition coefficient (Wildman–Crippen LogP) is 3.80. The molecule has 2 aromatic rings. The van der Waals surface area contributed by atoms with Gasteiger partial charge in [0.25, 0.3) is 5.91 Å². The number of benzene rings is 2. The highest BCUT2D eigenvalue weighted by Crippen LogP contribution is 2.28. The Morgan fingerprint density at radius 1 is 1.10 bits per heavy atom. The van der Waals surface area contributed by atoms with Crippen molar-refractivity contribution in [2.24, 2.45) is 0 Å². The van der Waals surface area contributed by atoms with E-state index in [4.69, 9.17) is 4.74 Å². The largest absolute Gasteiger partial charge is 0.496 e. The van der Waals surface area contributed by atoms with Crippen molar-refractivity contribution in [1.82, 2.24) is 4.90 Å². The zero-order chi connectivity index (χ0) is 22.2. The van der Waals surface area contributed by atoms with E-state index in [0.29, 0.717) is 18.8 Å². The Kier molecular flexibility index (Phi) is 7.55. The second-order valence-corrected chi connectivity index (χ2v) is 7.38. The van der Waals surface area contributed by atoms with Crippen molar-refractivity contribution in [1.29, 1.82) is 5.26 Å². The Labute approximate surface area is 184 Å². The van der Waals surface area contributed by atoms with Crippen molar-refractivity contribution in [2.45, 2.75) is 13.8 Å². The number of carbonyl (C=O) groups excluding carboxylic acids is 1. The minimum atomic E-state index is -0.231. The van der Waals surface area contributed by atoms with Crippen LogP contribution in [0.25, 0.3) is 6.08 Å². The van der Waals surface area contributed by atoms with Crippen LogP contribution in [0.15, 0.2) is 54.1 Å². The van der Waals surface area contributed by atoms with E-state index in [0.717, 1.165) is 43.1 Å². The van der Waals surface area contributed by atoms with E-state index in [1.54, 1.807) is 18.1 Å². The summed E-state index contributed by atoms with van der Waals surface area (Å²) >= 11 is 0. The Morgan fingerprint density at radius 2 is 1.77 bits per heavy atom. The monoisotopic (exact) mass is 418 g/mol. The average Bonchev–Trinajstić information content (AvgIpc) is 2.84. The van der Waals surface area contributed by atoms with Crippen LogP contribution in [0.5, 0.6) is 5.75 Å². The first-order valence-electron chi connectivity index (χ1n) is 10.7. The molecule has 0 aromatic heterocycles. The molecule has 2 aromatic carbocycles. The molecular weight excluding hydrogens is 388 g/mol. The molecular formula is C25H30N4O2. The van der Waals surface area contributed by atoms with Gasteiger partial charge in [0.15, 0.2) is 0 Å². The molecule has 1 saturated heterocycles. The smallest absolute Gasteiger partial charge is 0.264 e. The van der Waals surface area contributed by atoms with Crippen LogP contribution in [-0.4, -0.2) is 57.2 Å². The second kappa shape index (κ2) is 10.5. The van der Waals surface area contributed by atoms with E-state index < -0.39 is 0 Å². The van der Waals surface area contributed by atoms with Gasteiger partial charge >= 0.3 is 0 Å². The predicted molar refractivity (Wildman–Crippen MR) is 125 cm³/mol. The number of para-hydroxylation sites is 1. The molecule has 0 radical (unpaired) electrons. The SMILES string of the molecule is CCN(CC)c1ccc(/C=C(/C#N)C(=O)N2CCN(c3ccccc3)CC2)c(OC)c1. The van der Waals surface area contributed by atoms with E-state index in [9.17, 15) is 10.1 Å². The van der Waals surface area contributed by atoms with Gasteiger partial charge in [-0.25, -0.2) is 0 Å². The summed E-state index contributed by atoms with van der Waals surface area (Å²) in [6, 6.07) is 18.1. The maximum Gasteiger partial charge on any atom is 0.264 e. The lowest BCUT2D eigenvalue weighted by Crippen LogP contribution is -2.49. The topological polar surface area (TPSA) is 59.8 Å². The summed E-state index contributed by atoms with van der Waals surface area (Å²) in [5.74, 6) is 0.420. The first kappa shape index (κ1) is 22.2. The third kappa shape index (κ3) is 5.18. The van der Waals surface area contributed by atoms with Crippen LogP contribution < -0.4 is 14.5 Å². The fraction of sp³-hybridized carbons (Fsp3) is 0.360. The molecule has 1 aliphatic rings. The van der Waals surface area contributed by atoms with Gasteiger partial charge in [0.2, 0.25) is 0 Å². The molecule has 0 aliphatic carbocycles. The number of methoxy groups -OCH3 is 1. The van der Waals surface area contributed by atoms with Crippen molar-refractivity contribution in [3.63, 3.8) is 0 Å². The molecule has 0 saturated carbocycles. The number of piperazine rings is 1. The minimum absolute atomic E-state index is 0.127. The molecule has 162 valence electrons. The minimum Gasteiger partial charge on any atom is -0.496 e. The van der Waals surface area contributed by atoms with Crippen LogP contribution in [0.3, 0.4) is 0 Å². The lowest BCUT2D eigenvalue weighted by Gasteiger charge is -2.36. The van der Waals surface area contributed by atoms with Crippen LogP contribution in [0.4, 0.5) is 11.4 Å². The highest BCUT2D eigenvalue weighted by Gasteiger charge is 2.24. The lowest BCUT2D eigenvalue weighted by atomic mass is 10.1. The van der Waals surface area contributed by atoms with E-state index >= 15 is 0 Å². The third-order valence-corrected chi connectivity index (χ3v) is 5.68. The molecule has 1 fully saturated rings. The first-order chi connectivity index (χ1) is 15.1. The van der Waals surface area contributed by atoms with Crippen LogP contribution in [0.2, 0.25) is 0 Å². The summed E-state index contributed by atoms with van der Waals surface area (Å²) in [6.45, 7) is 8.67. The number of anilines is 2.